The molecule has 1 N–H and O–H groups in total. The summed E-state index contributed by atoms with van der Waals surface area (Å²) in [7, 11) is 1.48. The number of nitrogens with zero attached hydrogens (tertiary/aromatic N) is 1. The molecular formula is C28H26N2O6. The molecule has 3 rings (SSSR count). The molecule has 1 amide bonds. The fourth-order valence-electron chi connectivity index (χ4n) is 3.29. The van der Waals surface area contributed by atoms with E-state index in [1.54, 1.807) is 66.7 Å². The standard InChI is InChI=1S/C28H26N2O6/c1-3-34-23-12-8-7-11-22(23)30-28(32)27(21-9-5-4-6-10-21)36-26(31)16-14-20-13-15-24(35-18-17-29)25(19-20)33-2/h4-16,19,27H,3,18H2,1-2H3,(H,30,32)/b16-14+. The van der Waals surface area contributed by atoms with Crippen LogP contribution < -0.4 is 19.5 Å². The molecule has 3 aromatic carbocycles. The Morgan fingerprint density at radius 2 is 1.72 bits per heavy atom. The normalized spacial score (nSPS) is 11.2. The molecule has 3 aromatic rings. The van der Waals surface area contributed by atoms with E-state index >= 15 is 0 Å². The first-order chi connectivity index (χ1) is 17.5. The number of benzene rings is 3. The predicted molar refractivity (Wildman–Crippen MR) is 135 cm³/mol. The predicted octanol–water partition coefficient (Wildman–Crippen LogP) is 4.93. The third kappa shape index (κ3) is 7.11. The summed E-state index contributed by atoms with van der Waals surface area (Å²) in [6.45, 7) is 2.17. The molecule has 36 heavy (non-hydrogen) atoms. The maximum atomic E-state index is 13.2. The Morgan fingerprint density at radius 1 is 0.972 bits per heavy atom. The van der Waals surface area contributed by atoms with Crippen LogP contribution in [0.15, 0.2) is 78.9 Å². The van der Waals surface area contributed by atoms with Crippen molar-refractivity contribution in [1.82, 2.24) is 0 Å². The van der Waals surface area contributed by atoms with Gasteiger partial charge in [0.2, 0.25) is 6.10 Å². The summed E-state index contributed by atoms with van der Waals surface area (Å²) in [5, 5.41) is 11.5. The molecule has 8 heteroatoms. The van der Waals surface area contributed by atoms with Gasteiger partial charge in [0.25, 0.3) is 5.91 Å². The lowest BCUT2D eigenvalue weighted by Crippen LogP contribution is -2.25. The number of ether oxygens (including phenoxy) is 4. The molecule has 0 bridgehead atoms. The summed E-state index contributed by atoms with van der Waals surface area (Å²) in [5.74, 6) is 0.112. The van der Waals surface area contributed by atoms with Crippen molar-refractivity contribution in [3.63, 3.8) is 0 Å². The Balaban J connectivity index is 1.77. The lowest BCUT2D eigenvalue weighted by Gasteiger charge is -2.18. The van der Waals surface area contributed by atoms with E-state index in [2.05, 4.69) is 5.32 Å². The fraction of sp³-hybridized carbons (Fsp3) is 0.179. The van der Waals surface area contributed by atoms with Crippen LogP contribution in [0.25, 0.3) is 6.08 Å². The molecule has 0 saturated carbocycles. The highest BCUT2D eigenvalue weighted by molar-refractivity contribution is 5.98. The smallest absolute Gasteiger partial charge is 0.331 e. The molecule has 0 aromatic heterocycles. The number of carbonyl (C=O) groups excluding carboxylic acids is 2. The third-order valence-corrected chi connectivity index (χ3v) is 4.91. The maximum Gasteiger partial charge on any atom is 0.331 e. The Bertz CT molecular complexity index is 1250. The van der Waals surface area contributed by atoms with E-state index in [-0.39, 0.29) is 6.61 Å². The van der Waals surface area contributed by atoms with E-state index in [1.165, 1.54) is 19.3 Å². The van der Waals surface area contributed by atoms with Gasteiger partial charge in [0, 0.05) is 11.6 Å². The first kappa shape index (κ1) is 25.8. The van der Waals surface area contributed by atoms with Gasteiger partial charge in [-0.1, -0.05) is 48.5 Å². The van der Waals surface area contributed by atoms with Crippen molar-refractivity contribution in [3.8, 4) is 23.3 Å². The minimum absolute atomic E-state index is 0.115. The molecule has 0 saturated heterocycles. The molecule has 184 valence electrons. The van der Waals surface area contributed by atoms with Crippen molar-refractivity contribution in [2.75, 3.05) is 25.6 Å². The Morgan fingerprint density at radius 3 is 2.44 bits per heavy atom. The molecule has 0 aliphatic rings. The van der Waals surface area contributed by atoms with Crippen LogP contribution in [0, 0.1) is 11.3 Å². The van der Waals surface area contributed by atoms with Crippen molar-refractivity contribution >= 4 is 23.6 Å². The number of rotatable bonds is 11. The number of carbonyl (C=O) groups is 2. The quantitative estimate of drug-likeness (QED) is 0.302. The van der Waals surface area contributed by atoms with Crippen molar-refractivity contribution in [1.29, 1.82) is 5.26 Å². The summed E-state index contributed by atoms with van der Waals surface area (Å²) >= 11 is 0. The highest BCUT2D eigenvalue weighted by atomic mass is 16.5. The van der Waals surface area contributed by atoms with Crippen molar-refractivity contribution < 1.29 is 28.5 Å². The number of para-hydroxylation sites is 2. The Kier molecular flexibility index (Phi) is 9.48. The molecule has 1 atom stereocenters. The average molecular weight is 487 g/mol. The Hall–Kier alpha value is -4.77. The van der Waals surface area contributed by atoms with Crippen LogP contribution in [0.3, 0.4) is 0 Å². The van der Waals surface area contributed by atoms with Crippen LogP contribution >= 0.6 is 0 Å². The van der Waals surface area contributed by atoms with Crippen molar-refractivity contribution in [3.05, 3.63) is 90.0 Å². The number of hydrogen-bond acceptors (Lipinski definition) is 7. The second-order valence-corrected chi connectivity index (χ2v) is 7.34. The number of esters is 1. The molecule has 8 nitrogen and oxygen atoms in total. The van der Waals surface area contributed by atoms with Crippen LogP contribution in [-0.2, 0) is 14.3 Å². The van der Waals surface area contributed by atoms with Crippen LogP contribution in [-0.4, -0.2) is 32.2 Å². The fourth-order valence-corrected chi connectivity index (χ4v) is 3.29. The number of anilines is 1. The van der Waals surface area contributed by atoms with Gasteiger partial charge in [-0.05, 0) is 42.8 Å². The highest BCUT2D eigenvalue weighted by Gasteiger charge is 2.25. The van der Waals surface area contributed by atoms with E-state index in [0.717, 1.165) is 0 Å². The second-order valence-electron chi connectivity index (χ2n) is 7.34. The summed E-state index contributed by atoms with van der Waals surface area (Å²) in [6.07, 6.45) is 1.57. The topological polar surface area (TPSA) is 107 Å². The van der Waals surface area contributed by atoms with Gasteiger partial charge in [-0.3, -0.25) is 4.79 Å². The third-order valence-electron chi connectivity index (χ3n) is 4.91. The van der Waals surface area contributed by atoms with Gasteiger partial charge in [-0.25, -0.2) is 4.79 Å². The van der Waals surface area contributed by atoms with Gasteiger partial charge in [0.05, 0.1) is 19.4 Å². The summed E-state index contributed by atoms with van der Waals surface area (Å²) < 4.78 is 21.7. The summed E-state index contributed by atoms with van der Waals surface area (Å²) in [6, 6.07) is 22.7. The maximum absolute atomic E-state index is 13.2. The van der Waals surface area contributed by atoms with Gasteiger partial charge < -0.3 is 24.3 Å². The zero-order valence-corrected chi connectivity index (χ0v) is 20.0. The second kappa shape index (κ2) is 13.2. The first-order valence-electron chi connectivity index (χ1n) is 11.2. The molecule has 0 aliphatic heterocycles. The molecule has 0 fully saturated rings. The van der Waals surface area contributed by atoms with E-state index in [1.807, 2.05) is 19.1 Å². The summed E-state index contributed by atoms with van der Waals surface area (Å²) in [4.78, 5) is 25.8. The van der Waals surface area contributed by atoms with Gasteiger partial charge in [0.15, 0.2) is 18.1 Å². The molecule has 0 aliphatic carbocycles. The number of nitriles is 1. The lowest BCUT2D eigenvalue weighted by molar-refractivity contribution is -0.149. The molecular weight excluding hydrogens is 460 g/mol. The van der Waals surface area contributed by atoms with E-state index in [0.29, 0.717) is 40.7 Å². The van der Waals surface area contributed by atoms with Crippen LogP contribution in [0.2, 0.25) is 0 Å². The Labute approximate surface area is 209 Å². The highest BCUT2D eigenvalue weighted by Crippen LogP contribution is 2.29. The monoisotopic (exact) mass is 486 g/mol. The van der Waals surface area contributed by atoms with Gasteiger partial charge in [0.1, 0.15) is 11.8 Å². The minimum atomic E-state index is -1.19. The van der Waals surface area contributed by atoms with Crippen molar-refractivity contribution in [2.45, 2.75) is 13.0 Å². The van der Waals surface area contributed by atoms with Crippen LogP contribution in [0.1, 0.15) is 24.2 Å². The zero-order valence-electron chi connectivity index (χ0n) is 20.0. The number of methoxy groups -OCH3 is 1. The van der Waals surface area contributed by atoms with E-state index < -0.39 is 18.0 Å². The molecule has 1 unspecified atom stereocenters. The van der Waals surface area contributed by atoms with Crippen molar-refractivity contribution in [2.24, 2.45) is 0 Å². The zero-order chi connectivity index (χ0) is 25.8. The largest absolute Gasteiger partial charge is 0.493 e. The van der Waals surface area contributed by atoms with Gasteiger partial charge in [-0.2, -0.15) is 5.26 Å². The van der Waals surface area contributed by atoms with E-state index in [4.69, 9.17) is 24.2 Å². The molecule has 0 heterocycles. The van der Waals surface area contributed by atoms with Crippen LogP contribution in [0.5, 0.6) is 17.2 Å². The molecule has 0 spiro atoms. The van der Waals surface area contributed by atoms with E-state index in [9.17, 15) is 9.59 Å². The number of nitrogens with one attached hydrogen (secondary N) is 1. The summed E-state index contributed by atoms with van der Waals surface area (Å²) in [5.41, 5.74) is 1.63. The first-order valence-corrected chi connectivity index (χ1v) is 11.2. The average Bonchev–Trinajstić information content (AvgIpc) is 2.91. The molecule has 0 radical (unpaired) electrons. The minimum Gasteiger partial charge on any atom is -0.493 e. The number of amides is 1. The lowest BCUT2D eigenvalue weighted by atomic mass is 10.1. The SMILES string of the molecule is CCOc1ccccc1NC(=O)C(OC(=O)/C=C/c1ccc(OCC#N)c(OC)c1)c1ccccc1. The van der Waals surface area contributed by atoms with Gasteiger partial charge >= 0.3 is 5.97 Å². The van der Waals surface area contributed by atoms with Crippen LogP contribution in [0.4, 0.5) is 5.69 Å². The van der Waals surface area contributed by atoms with Gasteiger partial charge in [-0.15, -0.1) is 0 Å². The number of hydrogen-bond donors (Lipinski definition) is 1.